The highest BCUT2D eigenvalue weighted by Gasteiger charge is 2.23. The number of benzene rings is 1. The van der Waals surface area contributed by atoms with Gasteiger partial charge < -0.3 is 14.8 Å². The number of aromatic nitrogens is 3. The van der Waals surface area contributed by atoms with Gasteiger partial charge >= 0.3 is 0 Å². The van der Waals surface area contributed by atoms with Gasteiger partial charge in [-0.05, 0) is 36.2 Å². The second-order valence-corrected chi connectivity index (χ2v) is 5.25. The highest BCUT2D eigenvalue weighted by molar-refractivity contribution is 5.49. The van der Waals surface area contributed by atoms with Gasteiger partial charge in [0.05, 0.1) is 19.9 Å². The second-order valence-electron chi connectivity index (χ2n) is 5.25. The van der Waals surface area contributed by atoms with E-state index in [1.54, 1.807) is 18.9 Å². The van der Waals surface area contributed by atoms with Crippen molar-refractivity contribution in [2.45, 2.75) is 18.9 Å². The average Bonchev–Trinajstić information content (AvgIpc) is 2.91. The van der Waals surface area contributed by atoms with E-state index < -0.39 is 0 Å². The highest BCUT2D eigenvalue weighted by atomic mass is 16.5. The smallest absolute Gasteiger partial charge is 0.161 e. The minimum Gasteiger partial charge on any atom is -0.493 e. The van der Waals surface area contributed by atoms with E-state index in [1.807, 2.05) is 13.2 Å². The Kier molecular flexibility index (Phi) is 3.79. The molecule has 0 saturated carbocycles. The van der Waals surface area contributed by atoms with Crippen LogP contribution in [0.5, 0.6) is 11.5 Å². The lowest BCUT2D eigenvalue weighted by molar-refractivity contribution is 0.352. The van der Waals surface area contributed by atoms with Crippen molar-refractivity contribution in [3.8, 4) is 11.5 Å². The van der Waals surface area contributed by atoms with Crippen LogP contribution in [-0.2, 0) is 19.9 Å². The normalized spacial score (nSPS) is 17.4. The van der Waals surface area contributed by atoms with Crippen LogP contribution < -0.4 is 14.8 Å². The van der Waals surface area contributed by atoms with E-state index in [4.69, 9.17) is 9.47 Å². The van der Waals surface area contributed by atoms with Gasteiger partial charge in [0.25, 0.3) is 0 Å². The summed E-state index contributed by atoms with van der Waals surface area (Å²) < 4.78 is 12.5. The molecule has 1 unspecified atom stereocenters. The van der Waals surface area contributed by atoms with Gasteiger partial charge in [0, 0.05) is 25.7 Å². The van der Waals surface area contributed by atoms with Gasteiger partial charge in [-0.15, -0.1) is 5.10 Å². The summed E-state index contributed by atoms with van der Waals surface area (Å²) in [7, 11) is 5.22. The van der Waals surface area contributed by atoms with Gasteiger partial charge in [0.2, 0.25) is 0 Å². The maximum Gasteiger partial charge on any atom is 0.161 e. The monoisotopic (exact) mass is 288 g/mol. The van der Waals surface area contributed by atoms with Crippen LogP contribution in [0.3, 0.4) is 0 Å². The number of aryl methyl sites for hydroxylation is 1. The van der Waals surface area contributed by atoms with E-state index in [-0.39, 0.29) is 6.04 Å². The fourth-order valence-corrected chi connectivity index (χ4v) is 2.85. The van der Waals surface area contributed by atoms with Crippen LogP contribution in [0.25, 0.3) is 0 Å². The van der Waals surface area contributed by atoms with E-state index in [1.165, 1.54) is 11.1 Å². The molecular formula is C15H20N4O2. The molecule has 1 aliphatic heterocycles. The topological polar surface area (TPSA) is 61.2 Å². The van der Waals surface area contributed by atoms with Gasteiger partial charge in [-0.25, -0.2) is 0 Å². The van der Waals surface area contributed by atoms with Crippen molar-refractivity contribution >= 4 is 0 Å². The molecule has 0 saturated heterocycles. The maximum absolute atomic E-state index is 5.42. The molecule has 1 aromatic carbocycles. The third kappa shape index (κ3) is 2.71. The molecule has 6 heteroatoms. The molecule has 2 heterocycles. The van der Waals surface area contributed by atoms with Gasteiger partial charge in [-0.1, -0.05) is 5.21 Å². The first-order valence-electron chi connectivity index (χ1n) is 7.04. The summed E-state index contributed by atoms with van der Waals surface area (Å²) in [5.74, 6) is 1.56. The van der Waals surface area contributed by atoms with Crippen LogP contribution in [-0.4, -0.2) is 35.8 Å². The summed E-state index contributed by atoms with van der Waals surface area (Å²) in [5.41, 5.74) is 3.54. The molecule has 0 spiro atoms. The molecule has 21 heavy (non-hydrogen) atoms. The Balaban J connectivity index is 1.93. The molecule has 1 atom stereocenters. The first kappa shape index (κ1) is 13.9. The van der Waals surface area contributed by atoms with Crippen LogP contribution in [0.2, 0.25) is 0 Å². The molecule has 1 N–H and O–H groups in total. The quantitative estimate of drug-likeness (QED) is 0.918. The lowest BCUT2D eigenvalue weighted by atomic mass is 9.91. The maximum atomic E-state index is 5.42. The van der Waals surface area contributed by atoms with E-state index in [9.17, 15) is 0 Å². The van der Waals surface area contributed by atoms with Crippen molar-refractivity contribution in [1.82, 2.24) is 20.3 Å². The zero-order valence-electron chi connectivity index (χ0n) is 12.6. The number of ether oxygens (including phenoxy) is 2. The molecule has 1 aliphatic rings. The standard InChI is InChI=1S/C15H20N4O2/c1-19-9-11(17-18-19)7-13-12-8-15(21-3)14(20-2)6-10(12)4-5-16-13/h6,8-9,13,16H,4-5,7H2,1-3H3. The van der Waals surface area contributed by atoms with Crippen LogP contribution in [0.15, 0.2) is 18.3 Å². The zero-order valence-corrected chi connectivity index (χ0v) is 12.6. The van der Waals surface area contributed by atoms with Crippen molar-refractivity contribution in [3.63, 3.8) is 0 Å². The van der Waals surface area contributed by atoms with Gasteiger partial charge in [-0.3, -0.25) is 4.68 Å². The Morgan fingerprint density at radius 2 is 2.05 bits per heavy atom. The highest BCUT2D eigenvalue weighted by Crippen LogP contribution is 2.35. The second kappa shape index (κ2) is 5.73. The average molecular weight is 288 g/mol. The zero-order chi connectivity index (χ0) is 14.8. The van der Waals surface area contributed by atoms with Crippen molar-refractivity contribution in [1.29, 1.82) is 0 Å². The van der Waals surface area contributed by atoms with Gasteiger partial charge in [-0.2, -0.15) is 0 Å². The minimum atomic E-state index is 0.227. The number of nitrogens with zero attached hydrogens (tertiary/aromatic N) is 3. The van der Waals surface area contributed by atoms with Crippen LogP contribution in [0.4, 0.5) is 0 Å². The molecule has 1 aromatic heterocycles. The largest absolute Gasteiger partial charge is 0.493 e. The summed E-state index contributed by atoms with van der Waals surface area (Å²) in [6, 6.07) is 4.38. The molecule has 0 fully saturated rings. The SMILES string of the molecule is COc1cc2c(cc1OC)C(Cc1cn(C)nn1)NCC2. The van der Waals surface area contributed by atoms with E-state index >= 15 is 0 Å². The predicted octanol–water partition coefficient (Wildman–Crippen LogP) is 1.26. The summed E-state index contributed by atoms with van der Waals surface area (Å²) in [5, 5.41) is 11.7. The fraction of sp³-hybridized carbons (Fsp3) is 0.467. The summed E-state index contributed by atoms with van der Waals surface area (Å²) in [6.07, 6.45) is 3.76. The molecule has 6 nitrogen and oxygen atoms in total. The Morgan fingerprint density at radius 1 is 1.29 bits per heavy atom. The van der Waals surface area contributed by atoms with Crippen LogP contribution in [0.1, 0.15) is 22.9 Å². The van der Waals surface area contributed by atoms with E-state index in [0.717, 1.165) is 36.6 Å². The first-order chi connectivity index (χ1) is 10.2. The number of rotatable bonds is 4. The van der Waals surface area contributed by atoms with Crippen LogP contribution >= 0.6 is 0 Å². The fourth-order valence-electron chi connectivity index (χ4n) is 2.85. The Hall–Kier alpha value is -2.08. The third-order valence-electron chi connectivity index (χ3n) is 3.87. The third-order valence-corrected chi connectivity index (χ3v) is 3.87. The number of hydrogen-bond donors (Lipinski definition) is 1. The summed E-state index contributed by atoms with van der Waals surface area (Å²) in [4.78, 5) is 0. The molecule has 0 aliphatic carbocycles. The first-order valence-corrected chi connectivity index (χ1v) is 7.04. The molecule has 2 aromatic rings. The molecule has 0 radical (unpaired) electrons. The molecule has 112 valence electrons. The van der Waals surface area contributed by atoms with Crippen LogP contribution in [0, 0.1) is 0 Å². The van der Waals surface area contributed by atoms with Gasteiger partial charge in [0.15, 0.2) is 11.5 Å². The number of methoxy groups -OCH3 is 2. The lowest BCUT2D eigenvalue weighted by Crippen LogP contribution is -2.31. The van der Waals surface area contributed by atoms with Crippen molar-refractivity contribution in [2.75, 3.05) is 20.8 Å². The number of hydrogen-bond acceptors (Lipinski definition) is 5. The van der Waals surface area contributed by atoms with Crippen molar-refractivity contribution in [2.24, 2.45) is 7.05 Å². The van der Waals surface area contributed by atoms with Crippen molar-refractivity contribution in [3.05, 3.63) is 35.2 Å². The Bertz CT molecular complexity index is 639. The minimum absolute atomic E-state index is 0.227. The molecule has 0 amide bonds. The number of nitrogens with one attached hydrogen (secondary N) is 1. The lowest BCUT2D eigenvalue weighted by Gasteiger charge is -2.27. The molecular weight excluding hydrogens is 268 g/mol. The predicted molar refractivity (Wildman–Crippen MR) is 78.7 cm³/mol. The summed E-state index contributed by atoms with van der Waals surface area (Å²) in [6.45, 7) is 0.952. The summed E-state index contributed by atoms with van der Waals surface area (Å²) >= 11 is 0. The molecule has 0 bridgehead atoms. The van der Waals surface area contributed by atoms with E-state index in [2.05, 4.69) is 27.8 Å². The Labute approximate surface area is 124 Å². The Morgan fingerprint density at radius 3 is 2.71 bits per heavy atom. The van der Waals surface area contributed by atoms with Crippen molar-refractivity contribution < 1.29 is 9.47 Å². The van der Waals surface area contributed by atoms with Gasteiger partial charge in [0.1, 0.15) is 0 Å². The van der Waals surface area contributed by atoms with E-state index in [0.29, 0.717) is 0 Å². The molecule has 3 rings (SSSR count). The number of fused-ring (bicyclic) bond motifs is 1.